The number of benzene rings is 1. The van der Waals surface area contributed by atoms with Crippen molar-refractivity contribution >= 4 is 5.91 Å². The van der Waals surface area contributed by atoms with Crippen LogP contribution >= 0.6 is 0 Å². The van der Waals surface area contributed by atoms with Crippen molar-refractivity contribution in [1.82, 2.24) is 5.32 Å². The summed E-state index contributed by atoms with van der Waals surface area (Å²) in [6.45, 7) is 6.70. The van der Waals surface area contributed by atoms with Crippen LogP contribution in [-0.2, 0) is 11.2 Å². The lowest BCUT2D eigenvalue weighted by atomic mass is 10.0. The Kier molecular flexibility index (Phi) is 5.16. The van der Waals surface area contributed by atoms with Gasteiger partial charge in [-0.3, -0.25) is 4.79 Å². The summed E-state index contributed by atoms with van der Waals surface area (Å²) in [5.41, 5.74) is 9.27. The summed E-state index contributed by atoms with van der Waals surface area (Å²) < 4.78 is 0. The Balaban J connectivity index is 2.48. The van der Waals surface area contributed by atoms with E-state index in [0.29, 0.717) is 13.0 Å². The highest BCUT2D eigenvalue weighted by molar-refractivity contribution is 5.78. The van der Waals surface area contributed by atoms with Crippen LogP contribution in [0.1, 0.15) is 30.0 Å². The molecule has 0 aromatic heterocycles. The maximum atomic E-state index is 11.7. The number of carbonyl (C=O) groups excluding carboxylic acids is 1. The fourth-order valence-electron chi connectivity index (χ4n) is 1.55. The van der Waals surface area contributed by atoms with Crippen LogP contribution in [0.4, 0.5) is 0 Å². The van der Waals surface area contributed by atoms with Crippen LogP contribution in [0.5, 0.6) is 0 Å². The molecule has 0 radical (unpaired) electrons. The van der Waals surface area contributed by atoms with Crippen molar-refractivity contribution in [3.05, 3.63) is 34.9 Å². The Hall–Kier alpha value is -1.35. The lowest BCUT2D eigenvalue weighted by molar-refractivity contribution is -0.120. The van der Waals surface area contributed by atoms with E-state index in [-0.39, 0.29) is 11.9 Å². The van der Waals surface area contributed by atoms with Crippen LogP contribution in [0, 0.1) is 13.8 Å². The standard InChI is InChI=1S/C14H22N2O/c1-4-13(15)9-16-14(17)8-12-6-5-10(2)11(3)7-12/h5-7,13H,4,8-9,15H2,1-3H3,(H,16,17). The van der Waals surface area contributed by atoms with Gasteiger partial charge in [0.05, 0.1) is 6.42 Å². The number of carbonyl (C=O) groups is 1. The monoisotopic (exact) mass is 234 g/mol. The number of nitrogens with one attached hydrogen (secondary N) is 1. The molecule has 1 unspecified atom stereocenters. The van der Waals surface area contributed by atoms with Gasteiger partial charge in [-0.25, -0.2) is 0 Å². The van der Waals surface area contributed by atoms with Gasteiger partial charge in [0, 0.05) is 12.6 Å². The van der Waals surface area contributed by atoms with Crippen LogP contribution in [-0.4, -0.2) is 18.5 Å². The predicted octanol–water partition coefficient (Wildman–Crippen LogP) is 1.70. The second kappa shape index (κ2) is 6.40. The summed E-state index contributed by atoms with van der Waals surface area (Å²) in [5.74, 6) is 0.0390. The molecule has 3 N–H and O–H groups in total. The first-order valence-corrected chi connectivity index (χ1v) is 6.11. The summed E-state index contributed by atoms with van der Waals surface area (Å²) >= 11 is 0. The molecule has 0 spiro atoms. The SMILES string of the molecule is CCC(N)CNC(=O)Cc1ccc(C)c(C)c1. The Morgan fingerprint density at radius 1 is 1.35 bits per heavy atom. The number of hydrogen-bond acceptors (Lipinski definition) is 2. The molecule has 1 aromatic rings. The number of rotatable bonds is 5. The molecule has 0 aliphatic heterocycles. The topological polar surface area (TPSA) is 55.1 Å². The molecule has 3 nitrogen and oxygen atoms in total. The van der Waals surface area contributed by atoms with Gasteiger partial charge < -0.3 is 11.1 Å². The zero-order valence-corrected chi connectivity index (χ0v) is 10.9. The molecule has 1 amide bonds. The smallest absolute Gasteiger partial charge is 0.224 e. The summed E-state index contributed by atoms with van der Waals surface area (Å²) in [4.78, 5) is 11.7. The zero-order valence-electron chi connectivity index (χ0n) is 10.9. The minimum atomic E-state index is 0.0390. The zero-order chi connectivity index (χ0) is 12.8. The fraction of sp³-hybridized carbons (Fsp3) is 0.500. The van der Waals surface area contributed by atoms with Gasteiger partial charge in [-0.1, -0.05) is 25.1 Å². The largest absolute Gasteiger partial charge is 0.354 e. The number of amides is 1. The van der Waals surface area contributed by atoms with Gasteiger partial charge in [-0.2, -0.15) is 0 Å². The number of hydrogen-bond donors (Lipinski definition) is 2. The van der Waals surface area contributed by atoms with E-state index in [1.807, 2.05) is 13.0 Å². The first-order valence-electron chi connectivity index (χ1n) is 6.11. The first-order chi connectivity index (χ1) is 8.02. The van der Waals surface area contributed by atoms with Crippen molar-refractivity contribution in [2.75, 3.05) is 6.54 Å². The molecule has 0 saturated carbocycles. The van der Waals surface area contributed by atoms with Gasteiger partial charge in [-0.15, -0.1) is 0 Å². The van der Waals surface area contributed by atoms with Gasteiger partial charge >= 0.3 is 0 Å². The highest BCUT2D eigenvalue weighted by Gasteiger charge is 2.06. The van der Waals surface area contributed by atoms with Crippen molar-refractivity contribution in [1.29, 1.82) is 0 Å². The van der Waals surface area contributed by atoms with Crippen molar-refractivity contribution in [3.63, 3.8) is 0 Å². The molecule has 1 aromatic carbocycles. The highest BCUT2D eigenvalue weighted by Crippen LogP contribution is 2.10. The third-order valence-corrected chi connectivity index (χ3v) is 3.02. The minimum absolute atomic E-state index is 0.0390. The average Bonchev–Trinajstić information content (AvgIpc) is 2.31. The van der Waals surface area contributed by atoms with Gasteiger partial charge in [0.25, 0.3) is 0 Å². The van der Waals surface area contributed by atoms with E-state index in [1.165, 1.54) is 11.1 Å². The van der Waals surface area contributed by atoms with Crippen molar-refractivity contribution in [3.8, 4) is 0 Å². The van der Waals surface area contributed by atoms with Gasteiger partial charge in [-0.05, 0) is 37.0 Å². The third kappa shape index (κ3) is 4.57. The second-order valence-corrected chi connectivity index (χ2v) is 4.57. The predicted molar refractivity (Wildman–Crippen MR) is 70.9 cm³/mol. The Labute approximate surface area is 103 Å². The van der Waals surface area contributed by atoms with Gasteiger partial charge in [0.1, 0.15) is 0 Å². The number of aryl methyl sites for hydroxylation is 2. The molecule has 17 heavy (non-hydrogen) atoms. The molecular formula is C14H22N2O. The molecule has 3 heteroatoms. The molecule has 0 aliphatic rings. The van der Waals surface area contributed by atoms with E-state index in [2.05, 4.69) is 31.3 Å². The Morgan fingerprint density at radius 2 is 2.06 bits per heavy atom. The minimum Gasteiger partial charge on any atom is -0.354 e. The second-order valence-electron chi connectivity index (χ2n) is 4.57. The highest BCUT2D eigenvalue weighted by atomic mass is 16.1. The van der Waals surface area contributed by atoms with Crippen LogP contribution < -0.4 is 11.1 Å². The number of nitrogens with two attached hydrogens (primary N) is 1. The maximum Gasteiger partial charge on any atom is 0.224 e. The average molecular weight is 234 g/mol. The molecule has 0 bridgehead atoms. The fourth-order valence-corrected chi connectivity index (χ4v) is 1.55. The summed E-state index contributed by atoms with van der Waals surface area (Å²) in [6.07, 6.45) is 1.31. The van der Waals surface area contributed by atoms with E-state index in [0.717, 1.165) is 12.0 Å². The van der Waals surface area contributed by atoms with E-state index in [4.69, 9.17) is 5.73 Å². The molecule has 0 fully saturated rings. The third-order valence-electron chi connectivity index (χ3n) is 3.02. The van der Waals surface area contributed by atoms with E-state index >= 15 is 0 Å². The first kappa shape index (κ1) is 13.7. The van der Waals surface area contributed by atoms with E-state index in [9.17, 15) is 4.79 Å². The quantitative estimate of drug-likeness (QED) is 0.814. The summed E-state index contributed by atoms with van der Waals surface area (Å²) in [7, 11) is 0. The summed E-state index contributed by atoms with van der Waals surface area (Å²) in [6, 6.07) is 6.17. The van der Waals surface area contributed by atoms with Crippen molar-refractivity contribution in [2.24, 2.45) is 5.73 Å². The van der Waals surface area contributed by atoms with Crippen LogP contribution in [0.25, 0.3) is 0 Å². The molecule has 1 rings (SSSR count). The normalized spacial score (nSPS) is 12.2. The molecule has 0 saturated heterocycles. The van der Waals surface area contributed by atoms with Crippen LogP contribution in [0.2, 0.25) is 0 Å². The molecule has 0 heterocycles. The maximum absolute atomic E-state index is 11.7. The van der Waals surface area contributed by atoms with Crippen LogP contribution in [0.3, 0.4) is 0 Å². The molecule has 0 aliphatic carbocycles. The van der Waals surface area contributed by atoms with Crippen LogP contribution in [0.15, 0.2) is 18.2 Å². The van der Waals surface area contributed by atoms with Crippen molar-refractivity contribution in [2.45, 2.75) is 39.7 Å². The Morgan fingerprint density at radius 3 is 2.65 bits per heavy atom. The van der Waals surface area contributed by atoms with E-state index in [1.54, 1.807) is 0 Å². The summed E-state index contributed by atoms with van der Waals surface area (Å²) in [5, 5.41) is 2.85. The lowest BCUT2D eigenvalue weighted by Crippen LogP contribution is -2.37. The van der Waals surface area contributed by atoms with Crippen molar-refractivity contribution < 1.29 is 4.79 Å². The van der Waals surface area contributed by atoms with Gasteiger partial charge in [0.15, 0.2) is 0 Å². The van der Waals surface area contributed by atoms with Gasteiger partial charge in [0.2, 0.25) is 5.91 Å². The lowest BCUT2D eigenvalue weighted by Gasteiger charge is -2.10. The molecular weight excluding hydrogens is 212 g/mol. The molecule has 94 valence electrons. The Bertz CT molecular complexity index is 388. The molecule has 1 atom stereocenters. The van der Waals surface area contributed by atoms with E-state index < -0.39 is 0 Å².